The van der Waals surface area contributed by atoms with Crippen LogP contribution in [0.5, 0.6) is 0 Å². The Kier molecular flexibility index (Phi) is 2.24. The van der Waals surface area contributed by atoms with Crippen LogP contribution >= 0.6 is 0 Å². The molecule has 0 aromatic carbocycles. The summed E-state index contributed by atoms with van der Waals surface area (Å²) in [5, 5.41) is 8.75. The van der Waals surface area contributed by atoms with Crippen LogP contribution in [0.15, 0.2) is 4.99 Å². The number of aliphatic hydroxyl groups excluding tert-OH is 1. The number of amides is 1. The van der Waals surface area contributed by atoms with Crippen molar-refractivity contribution in [2.24, 2.45) is 10.9 Å². The second-order valence-corrected chi connectivity index (χ2v) is 2.66. The fourth-order valence-corrected chi connectivity index (χ4v) is 0.996. The van der Waals surface area contributed by atoms with Crippen molar-refractivity contribution >= 4 is 11.7 Å². The third-order valence-electron chi connectivity index (χ3n) is 1.93. The van der Waals surface area contributed by atoms with Crippen molar-refractivity contribution in [3.63, 3.8) is 0 Å². The third-order valence-corrected chi connectivity index (χ3v) is 1.93. The van der Waals surface area contributed by atoms with Gasteiger partial charge in [-0.15, -0.1) is 0 Å². The van der Waals surface area contributed by atoms with Crippen molar-refractivity contribution in [2.75, 3.05) is 20.2 Å². The van der Waals surface area contributed by atoms with Gasteiger partial charge in [-0.25, -0.2) is 0 Å². The summed E-state index contributed by atoms with van der Waals surface area (Å²) in [6, 6.07) is 0. The lowest BCUT2D eigenvalue weighted by Gasteiger charge is -2.25. The molecule has 0 saturated heterocycles. The van der Waals surface area contributed by atoms with Crippen molar-refractivity contribution < 1.29 is 9.90 Å². The topological polar surface area (TPSA) is 52.9 Å². The van der Waals surface area contributed by atoms with Gasteiger partial charge in [0, 0.05) is 7.05 Å². The number of rotatable bonds is 1. The van der Waals surface area contributed by atoms with Crippen LogP contribution in [0.4, 0.5) is 0 Å². The number of hydrogen-bond acceptors (Lipinski definition) is 3. The molecule has 11 heavy (non-hydrogen) atoms. The van der Waals surface area contributed by atoms with E-state index in [1.165, 1.54) is 4.90 Å². The van der Waals surface area contributed by atoms with Crippen molar-refractivity contribution in [3.05, 3.63) is 0 Å². The third kappa shape index (κ3) is 1.40. The van der Waals surface area contributed by atoms with Crippen LogP contribution in [-0.4, -0.2) is 41.9 Å². The predicted octanol–water partition coefficient (Wildman–Crippen LogP) is -0.515. The van der Waals surface area contributed by atoms with Crippen molar-refractivity contribution in [1.29, 1.82) is 0 Å². The molecule has 0 saturated carbocycles. The zero-order valence-electron chi connectivity index (χ0n) is 6.74. The lowest BCUT2D eigenvalue weighted by Crippen LogP contribution is -2.43. The molecule has 0 fully saturated rings. The highest BCUT2D eigenvalue weighted by molar-refractivity contribution is 5.99. The van der Waals surface area contributed by atoms with E-state index < -0.39 is 0 Å². The summed E-state index contributed by atoms with van der Waals surface area (Å²) in [4.78, 5) is 16.8. The summed E-state index contributed by atoms with van der Waals surface area (Å²) >= 11 is 0. The van der Waals surface area contributed by atoms with Gasteiger partial charge in [0.05, 0.1) is 19.1 Å². The lowest BCUT2D eigenvalue weighted by atomic mass is 10.1. The molecule has 1 aliphatic rings. The highest BCUT2D eigenvalue weighted by atomic mass is 16.3. The van der Waals surface area contributed by atoms with Gasteiger partial charge < -0.3 is 10.0 Å². The Morgan fingerprint density at radius 1 is 1.82 bits per heavy atom. The average Bonchev–Trinajstić information content (AvgIpc) is 2.01. The maximum absolute atomic E-state index is 11.3. The van der Waals surface area contributed by atoms with Crippen molar-refractivity contribution in [3.8, 4) is 0 Å². The summed E-state index contributed by atoms with van der Waals surface area (Å²) in [6.45, 7) is 2.09. The largest absolute Gasteiger partial charge is 0.395 e. The standard InChI is InChI=1S/C7H12N2O2/c1-5-8-3-6(4-10)7(11)9(5)2/h6,10H,3-4H2,1-2H3. The first-order chi connectivity index (χ1) is 5.16. The molecule has 4 nitrogen and oxygen atoms in total. The fraction of sp³-hybridized carbons (Fsp3) is 0.714. The Bertz CT molecular complexity index is 201. The molecule has 4 heteroatoms. The molecule has 0 aromatic rings. The molecule has 1 aliphatic heterocycles. The Morgan fingerprint density at radius 3 is 3.00 bits per heavy atom. The molecule has 1 amide bonds. The summed E-state index contributed by atoms with van der Waals surface area (Å²) in [5.41, 5.74) is 0. The molecule has 0 aliphatic carbocycles. The molecular weight excluding hydrogens is 144 g/mol. The van der Waals surface area contributed by atoms with Gasteiger partial charge in [-0.2, -0.15) is 0 Å². The Hall–Kier alpha value is -0.900. The first-order valence-corrected chi connectivity index (χ1v) is 3.56. The van der Waals surface area contributed by atoms with Gasteiger partial charge in [0.25, 0.3) is 0 Å². The number of carbonyl (C=O) groups excluding carboxylic acids is 1. The minimum absolute atomic E-state index is 0.0417. The van der Waals surface area contributed by atoms with E-state index in [4.69, 9.17) is 5.11 Å². The highest BCUT2D eigenvalue weighted by Crippen LogP contribution is 2.08. The van der Waals surface area contributed by atoms with Crippen LogP contribution in [0.2, 0.25) is 0 Å². The van der Waals surface area contributed by atoms with Gasteiger partial charge in [-0.05, 0) is 6.92 Å². The van der Waals surface area contributed by atoms with E-state index in [9.17, 15) is 4.79 Å². The fourth-order valence-electron chi connectivity index (χ4n) is 0.996. The van der Waals surface area contributed by atoms with Crippen LogP contribution < -0.4 is 0 Å². The SMILES string of the molecule is CC1=NCC(CO)C(=O)N1C. The van der Waals surface area contributed by atoms with Gasteiger partial charge in [0.2, 0.25) is 5.91 Å². The minimum Gasteiger partial charge on any atom is -0.395 e. The Morgan fingerprint density at radius 2 is 2.45 bits per heavy atom. The van der Waals surface area contributed by atoms with E-state index in [1.807, 2.05) is 0 Å². The summed E-state index contributed by atoms with van der Waals surface area (Å²) in [5.74, 6) is 0.350. The molecule has 1 atom stereocenters. The molecular formula is C7H12N2O2. The zero-order valence-corrected chi connectivity index (χ0v) is 6.74. The van der Waals surface area contributed by atoms with Crippen LogP contribution in [0.3, 0.4) is 0 Å². The second-order valence-electron chi connectivity index (χ2n) is 2.66. The summed E-state index contributed by atoms with van der Waals surface area (Å²) in [7, 11) is 1.67. The number of hydrogen-bond donors (Lipinski definition) is 1. The molecule has 1 heterocycles. The highest BCUT2D eigenvalue weighted by Gasteiger charge is 2.26. The number of amidine groups is 1. The maximum Gasteiger partial charge on any atom is 0.234 e. The number of carbonyl (C=O) groups is 1. The van der Waals surface area contributed by atoms with E-state index in [0.29, 0.717) is 6.54 Å². The number of nitrogens with zero attached hydrogens (tertiary/aromatic N) is 2. The Labute approximate surface area is 65.5 Å². The Balaban J connectivity index is 2.76. The predicted molar refractivity (Wildman–Crippen MR) is 41.3 cm³/mol. The maximum atomic E-state index is 11.3. The monoisotopic (exact) mass is 156 g/mol. The van der Waals surface area contributed by atoms with Gasteiger partial charge in [0.15, 0.2) is 0 Å². The summed E-state index contributed by atoms with van der Waals surface area (Å²) < 4.78 is 0. The number of aliphatic hydroxyl groups is 1. The molecule has 0 bridgehead atoms. The van der Waals surface area contributed by atoms with Gasteiger partial charge in [-0.3, -0.25) is 9.79 Å². The first kappa shape index (κ1) is 8.20. The molecule has 1 rings (SSSR count). The lowest BCUT2D eigenvalue weighted by molar-refractivity contribution is -0.132. The smallest absolute Gasteiger partial charge is 0.234 e. The van der Waals surface area contributed by atoms with E-state index in [-0.39, 0.29) is 18.4 Å². The number of aliphatic imine (C=N–C) groups is 1. The van der Waals surface area contributed by atoms with E-state index >= 15 is 0 Å². The average molecular weight is 156 g/mol. The second kappa shape index (κ2) is 3.00. The normalized spacial score (nSPS) is 25.4. The van der Waals surface area contributed by atoms with E-state index in [2.05, 4.69) is 4.99 Å². The molecule has 0 spiro atoms. The molecule has 0 aromatic heterocycles. The van der Waals surface area contributed by atoms with Gasteiger partial charge >= 0.3 is 0 Å². The molecule has 62 valence electrons. The zero-order chi connectivity index (χ0) is 8.43. The van der Waals surface area contributed by atoms with E-state index in [0.717, 1.165) is 5.84 Å². The molecule has 1 unspecified atom stereocenters. The van der Waals surface area contributed by atoms with Crippen LogP contribution in [0.25, 0.3) is 0 Å². The van der Waals surface area contributed by atoms with Gasteiger partial charge in [0.1, 0.15) is 5.84 Å². The van der Waals surface area contributed by atoms with Gasteiger partial charge in [-0.1, -0.05) is 0 Å². The quantitative estimate of drug-likeness (QED) is 0.555. The first-order valence-electron chi connectivity index (χ1n) is 3.56. The minimum atomic E-state index is -0.330. The van der Waals surface area contributed by atoms with Crippen molar-refractivity contribution in [1.82, 2.24) is 4.90 Å². The summed E-state index contributed by atoms with van der Waals surface area (Å²) in [6.07, 6.45) is 0. The van der Waals surface area contributed by atoms with E-state index in [1.54, 1.807) is 14.0 Å². The van der Waals surface area contributed by atoms with Crippen LogP contribution in [0, 0.1) is 5.92 Å². The van der Waals surface area contributed by atoms with Crippen LogP contribution in [-0.2, 0) is 4.79 Å². The van der Waals surface area contributed by atoms with Crippen molar-refractivity contribution in [2.45, 2.75) is 6.92 Å². The molecule has 1 N–H and O–H groups in total. The molecule has 0 radical (unpaired) electrons. The van der Waals surface area contributed by atoms with Crippen LogP contribution in [0.1, 0.15) is 6.92 Å².